The number of hydrogen-bond donors (Lipinski definition) is 1. The molecule has 0 aliphatic carbocycles. The highest BCUT2D eigenvalue weighted by atomic mass is 35.5. The van der Waals surface area contributed by atoms with Gasteiger partial charge in [0.25, 0.3) is 5.91 Å². The van der Waals surface area contributed by atoms with Crippen molar-refractivity contribution in [2.45, 2.75) is 26.3 Å². The Balaban J connectivity index is 1.75. The summed E-state index contributed by atoms with van der Waals surface area (Å²) in [5, 5.41) is 3.35. The van der Waals surface area contributed by atoms with Gasteiger partial charge in [-0.1, -0.05) is 37.1 Å². The van der Waals surface area contributed by atoms with Crippen LogP contribution in [0.15, 0.2) is 42.6 Å². The van der Waals surface area contributed by atoms with Gasteiger partial charge >= 0.3 is 0 Å². The van der Waals surface area contributed by atoms with Crippen molar-refractivity contribution in [3.63, 3.8) is 0 Å². The Hall–Kier alpha value is -2.07. The van der Waals surface area contributed by atoms with E-state index in [1.807, 2.05) is 18.3 Å². The molecular weight excluding hydrogens is 300 g/mol. The lowest BCUT2D eigenvalue weighted by Crippen LogP contribution is -2.28. The van der Waals surface area contributed by atoms with Crippen molar-refractivity contribution in [2.75, 3.05) is 6.61 Å². The molecule has 4 nitrogen and oxygen atoms in total. The van der Waals surface area contributed by atoms with E-state index in [0.29, 0.717) is 17.3 Å². The van der Waals surface area contributed by atoms with Crippen LogP contribution in [0, 0.1) is 0 Å². The van der Waals surface area contributed by atoms with E-state index in [1.54, 1.807) is 24.3 Å². The summed E-state index contributed by atoms with van der Waals surface area (Å²) in [6.07, 6.45) is 3.97. The molecule has 2 aromatic rings. The van der Waals surface area contributed by atoms with Crippen LogP contribution in [-0.2, 0) is 17.8 Å². The highest BCUT2D eigenvalue weighted by Gasteiger charge is 2.04. The Kier molecular flexibility index (Phi) is 6.22. The van der Waals surface area contributed by atoms with Gasteiger partial charge in [0.05, 0.1) is 12.2 Å². The van der Waals surface area contributed by atoms with Crippen molar-refractivity contribution in [1.29, 1.82) is 0 Å². The highest BCUT2D eigenvalue weighted by molar-refractivity contribution is 6.30. The summed E-state index contributed by atoms with van der Waals surface area (Å²) in [5.74, 6) is 0.379. The first-order valence-corrected chi connectivity index (χ1v) is 7.64. The Labute approximate surface area is 135 Å². The summed E-state index contributed by atoms with van der Waals surface area (Å²) in [4.78, 5) is 16.1. The van der Waals surface area contributed by atoms with Crippen LogP contribution in [0.25, 0.3) is 0 Å². The molecule has 0 fully saturated rings. The lowest BCUT2D eigenvalue weighted by Gasteiger charge is -2.08. The van der Waals surface area contributed by atoms with Gasteiger partial charge < -0.3 is 10.1 Å². The summed E-state index contributed by atoms with van der Waals surface area (Å²) >= 11 is 5.85. The number of ether oxygens (including phenoxy) is 1. The molecule has 1 amide bonds. The minimum Gasteiger partial charge on any atom is -0.484 e. The van der Waals surface area contributed by atoms with Crippen molar-refractivity contribution in [1.82, 2.24) is 10.3 Å². The fourth-order valence-corrected chi connectivity index (χ4v) is 2.12. The SMILES string of the molecule is CCCc1ccc(CNC(=O)COc2cccc(Cl)c2)nc1. The second-order valence-electron chi connectivity index (χ2n) is 4.93. The molecule has 22 heavy (non-hydrogen) atoms. The number of amides is 1. The van der Waals surface area contributed by atoms with E-state index in [-0.39, 0.29) is 12.5 Å². The molecule has 0 atom stereocenters. The third-order valence-corrected chi connectivity index (χ3v) is 3.29. The monoisotopic (exact) mass is 318 g/mol. The number of nitrogens with one attached hydrogen (secondary N) is 1. The molecule has 0 unspecified atom stereocenters. The van der Waals surface area contributed by atoms with Crippen LogP contribution >= 0.6 is 11.6 Å². The minimum atomic E-state index is -0.195. The normalized spacial score (nSPS) is 10.3. The van der Waals surface area contributed by atoms with Gasteiger partial charge in [-0.05, 0) is 36.2 Å². The van der Waals surface area contributed by atoms with Crippen LogP contribution < -0.4 is 10.1 Å². The fourth-order valence-electron chi connectivity index (χ4n) is 1.94. The number of aryl methyl sites for hydroxylation is 1. The van der Waals surface area contributed by atoms with Crippen LogP contribution in [0.2, 0.25) is 5.02 Å². The molecule has 1 heterocycles. The van der Waals surface area contributed by atoms with Crippen molar-refractivity contribution < 1.29 is 9.53 Å². The van der Waals surface area contributed by atoms with Crippen LogP contribution in [-0.4, -0.2) is 17.5 Å². The number of carbonyl (C=O) groups is 1. The third-order valence-electron chi connectivity index (χ3n) is 3.06. The Morgan fingerprint density at radius 1 is 1.32 bits per heavy atom. The average Bonchev–Trinajstić information content (AvgIpc) is 2.53. The number of benzene rings is 1. The maximum Gasteiger partial charge on any atom is 0.258 e. The highest BCUT2D eigenvalue weighted by Crippen LogP contribution is 2.16. The number of aromatic nitrogens is 1. The topological polar surface area (TPSA) is 51.2 Å². The van der Waals surface area contributed by atoms with Gasteiger partial charge in [0.1, 0.15) is 5.75 Å². The quantitative estimate of drug-likeness (QED) is 0.851. The molecule has 2 rings (SSSR count). The van der Waals surface area contributed by atoms with Gasteiger partial charge in [0.15, 0.2) is 6.61 Å². The molecule has 0 aliphatic rings. The summed E-state index contributed by atoms with van der Waals surface area (Å²) < 4.78 is 5.37. The zero-order chi connectivity index (χ0) is 15.8. The molecule has 1 N–H and O–H groups in total. The summed E-state index contributed by atoms with van der Waals surface area (Å²) in [7, 11) is 0. The summed E-state index contributed by atoms with van der Waals surface area (Å²) in [6, 6.07) is 10.9. The lowest BCUT2D eigenvalue weighted by molar-refractivity contribution is -0.123. The van der Waals surface area contributed by atoms with E-state index in [4.69, 9.17) is 16.3 Å². The number of halogens is 1. The number of rotatable bonds is 7. The maximum atomic E-state index is 11.7. The standard InChI is InChI=1S/C17H19ClN2O2/c1-2-4-13-7-8-15(19-10-13)11-20-17(21)12-22-16-6-3-5-14(18)9-16/h3,5-10H,2,4,11-12H2,1H3,(H,20,21). The Bertz CT molecular complexity index is 614. The van der Waals surface area contributed by atoms with Gasteiger partial charge in [0, 0.05) is 11.2 Å². The second kappa shape index (κ2) is 8.39. The molecular formula is C17H19ClN2O2. The zero-order valence-corrected chi connectivity index (χ0v) is 13.3. The van der Waals surface area contributed by atoms with Crippen LogP contribution in [0.4, 0.5) is 0 Å². The van der Waals surface area contributed by atoms with Gasteiger partial charge in [-0.2, -0.15) is 0 Å². The van der Waals surface area contributed by atoms with Crippen molar-refractivity contribution in [3.8, 4) is 5.75 Å². The minimum absolute atomic E-state index is 0.0474. The van der Waals surface area contributed by atoms with Crippen LogP contribution in [0.1, 0.15) is 24.6 Å². The van der Waals surface area contributed by atoms with E-state index in [0.717, 1.165) is 18.5 Å². The average molecular weight is 319 g/mol. The number of nitrogens with zero attached hydrogens (tertiary/aromatic N) is 1. The van der Waals surface area contributed by atoms with E-state index >= 15 is 0 Å². The van der Waals surface area contributed by atoms with Gasteiger partial charge in [0.2, 0.25) is 0 Å². The molecule has 5 heteroatoms. The lowest BCUT2D eigenvalue weighted by atomic mass is 10.1. The van der Waals surface area contributed by atoms with Crippen molar-refractivity contribution in [3.05, 3.63) is 58.9 Å². The predicted octanol–water partition coefficient (Wildman–Crippen LogP) is 3.38. The van der Waals surface area contributed by atoms with Crippen LogP contribution in [0.5, 0.6) is 5.75 Å². The van der Waals surface area contributed by atoms with Gasteiger partial charge in [-0.15, -0.1) is 0 Å². The molecule has 0 bridgehead atoms. The molecule has 0 spiro atoms. The third kappa shape index (κ3) is 5.37. The molecule has 0 aliphatic heterocycles. The summed E-state index contributed by atoms with van der Waals surface area (Å²) in [5.41, 5.74) is 2.04. The molecule has 1 aromatic heterocycles. The van der Waals surface area contributed by atoms with E-state index < -0.39 is 0 Å². The number of pyridine rings is 1. The molecule has 116 valence electrons. The Morgan fingerprint density at radius 3 is 2.86 bits per heavy atom. The Morgan fingerprint density at radius 2 is 2.18 bits per heavy atom. The first kappa shape index (κ1) is 16.3. The first-order chi connectivity index (χ1) is 10.7. The van der Waals surface area contributed by atoms with Crippen molar-refractivity contribution in [2.24, 2.45) is 0 Å². The molecule has 0 radical (unpaired) electrons. The predicted molar refractivity (Wildman–Crippen MR) is 87.0 cm³/mol. The first-order valence-electron chi connectivity index (χ1n) is 7.26. The van der Waals surface area contributed by atoms with Gasteiger partial charge in [-0.3, -0.25) is 9.78 Å². The number of hydrogen-bond acceptors (Lipinski definition) is 3. The smallest absolute Gasteiger partial charge is 0.258 e. The molecule has 0 saturated heterocycles. The molecule has 1 aromatic carbocycles. The summed E-state index contributed by atoms with van der Waals surface area (Å²) in [6.45, 7) is 2.48. The largest absolute Gasteiger partial charge is 0.484 e. The van der Waals surface area contributed by atoms with E-state index in [9.17, 15) is 4.79 Å². The van der Waals surface area contributed by atoms with Gasteiger partial charge in [-0.25, -0.2) is 0 Å². The van der Waals surface area contributed by atoms with Crippen LogP contribution in [0.3, 0.4) is 0 Å². The fraction of sp³-hybridized carbons (Fsp3) is 0.294. The van der Waals surface area contributed by atoms with E-state index in [2.05, 4.69) is 17.2 Å². The second-order valence-corrected chi connectivity index (χ2v) is 5.37. The maximum absolute atomic E-state index is 11.7. The zero-order valence-electron chi connectivity index (χ0n) is 12.5. The number of carbonyl (C=O) groups excluding carboxylic acids is 1. The molecule has 0 saturated carbocycles. The van der Waals surface area contributed by atoms with Crippen molar-refractivity contribution >= 4 is 17.5 Å². The van der Waals surface area contributed by atoms with E-state index in [1.165, 1.54) is 5.56 Å².